The van der Waals surface area contributed by atoms with E-state index in [0.717, 1.165) is 19.7 Å². The number of nitrogens with one attached hydrogen (secondary N) is 1. The summed E-state index contributed by atoms with van der Waals surface area (Å²) in [5, 5.41) is 3.21. The molecule has 0 aromatic carbocycles. The van der Waals surface area contributed by atoms with Gasteiger partial charge >= 0.3 is 0 Å². The Morgan fingerprint density at radius 2 is 2.30 bits per heavy atom. The maximum Gasteiger partial charge on any atom is 0.0499 e. The van der Waals surface area contributed by atoms with Gasteiger partial charge < -0.3 is 15.8 Å². The Morgan fingerprint density at radius 3 is 2.80 bits per heavy atom. The fourth-order valence-corrected chi connectivity index (χ4v) is 0.794. The second kappa shape index (κ2) is 6.99. The molecule has 0 aliphatic heterocycles. The molecule has 10 heavy (non-hydrogen) atoms. The Bertz CT molecular complexity index is 68.6. The number of methoxy groups -OCH3 is 1. The minimum atomic E-state index is 0.580. The lowest BCUT2D eigenvalue weighted by atomic mass is 10.2. The summed E-state index contributed by atoms with van der Waals surface area (Å²) in [6, 6.07) is 0. The van der Waals surface area contributed by atoms with E-state index >= 15 is 0 Å². The van der Waals surface area contributed by atoms with Crippen molar-refractivity contribution in [1.29, 1.82) is 0 Å². The van der Waals surface area contributed by atoms with E-state index in [1.807, 2.05) is 0 Å². The number of rotatable bonds is 6. The van der Waals surface area contributed by atoms with Crippen LogP contribution in [0.3, 0.4) is 0 Å². The van der Waals surface area contributed by atoms with Crippen molar-refractivity contribution in [3.05, 3.63) is 0 Å². The van der Waals surface area contributed by atoms with Crippen LogP contribution < -0.4 is 11.1 Å². The van der Waals surface area contributed by atoms with Crippen LogP contribution in [0.4, 0.5) is 0 Å². The molecule has 0 fully saturated rings. The summed E-state index contributed by atoms with van der Waals surface area (Å²) in [4.78, 5) is 0. The van der Waals surface area contributed by atoms with E-state index in [1.54, 1.807) is 7.11 Å². The molecule has 3 N–H and O–H groups in total. The molecule has 0 bridgehead atoms. The SMILES string of the molecule is COCC(C)CNCCN. The molecule has 0 saturated carbocycles. The van der Waals surface area contributed by atoms with Crippen LogP contribution in [-0.2, 0) is 4.74 Å². The molecule has 1 atom stereocenters. The minimum absolute atomic E-state index is 0.580. The average molecular weight is 146 g/mol. The molecule has 0 spiro atoms. The lowest BCUT2D eigenvalue weighted by Gasteiger charge is -2.09. The smallest absolute Gasteiger partial charge is 0.0499 e. The first-order valence-corrected chi connectivity index (χ1v) is 3.71. The predicted octanol–water partition coefficient (Wildman–Crippen LogP) is -0.183. The minimum Gasteiger partial charge on any atom is -0.384 e. The molecular weight excluding hydrogens is 128 g/mol. The molecule has 0 aromatic rings. The average Bonchev–Trinajstić information content (AvgIpc) is 1.89. The molecule has 0 saturated heterocycles. The highest BCUT2D eigenvalue weighted by Gasteiger charge is 1.98. The monoisotopic (exact) mass is 146 g/mol. The van der Waals surface area contributed by atoms with Crippen molar-refractivity contribution in [2.24, 2.45) is 11.7 Å². The third kappa shape index (κ3) is 6.01. The first-order chi connectivity index (χ1) is 4.81. The van der Waals surface area contributed by atoms with E-state index in [0.29, 0.717) is 12.5 Å². The molecule has 62 valence electrons. The van der Waals surface area contributed by atoms with Gasteiger partial charge in [0.1, 0.15) is 0 Å². The predicted molar refractivity (Wildman–Crippen MR) is 43.0 cm³/mol. The van der Waals surface area contributed by atoms with E-state index in [2.05, 4.69) is 12.2 Å². The Balaban J connectivity index is 2.97. The molecule has 0 rings (SSSR count). The van der Waals surface area contributed by atoms with E-state index in [1.165, 1.54) is 0 Å². The van der Waals surface area contributed by atoms with Gasteiger partial charge in [0, 0.05) is 26.8 Å². The van der Waals surface area contributed by atoms with Crippen molar-refractivity contribution < 1.29 is 4.74 Å². The number of hydrogen-bond acceptors (Lipinski definition) is 3. The van der Waals surface area contributed by atoms with Gasteiger partial charge in [-0.2, -0.15) is 0 Å². The Labute approximate surface area is 62.9 Å². The summed E-state index contributed by atoms with van der Waals surface area (Å²) in [5.41, 5.74) is 5.29. The van der Waals surface area contributed by atoms with Crippen LogP contribution in [0.1, 0.15) is 6.92 Å². The van der Waals surface area contributed by atoms with Gasteiger partial charge in [-0.15, -0.1) is 0 Å². The summed E-state index contributed by atoms with van der Waals surface area (Å²) in [7, 11) is 1.72. The second-order valence-electron chi connectivity index (χ2n) is 2.55. The zero-order valence-electron chi connectivity index (χ0n) is 6.89. The Morgan fingerprint density at radius 1 is 1.60 bits per heavy atom. The van der Waals surface area contributed by atoms with E-state index in [4.69, 9.17) is 10.5 Å². The molecule has 0 amide bonds. The van der Waals surface area contributed by atoms with Crippen LogP contribution in [0.5, 0.6) is 0 Å². The van der Waals surface area contributed by atoms with Crippen molar-refractivity contribution >= 4 is 0 Å². The van der Waals surface area contributed by atoms with Crippen molar-refractivity contribution in [2.45, 2.75) is 6.92 Å². The lowest BCUT2D eigenvalue weighted by molar-refractivity contribution is 0.159. The van der Waals surface area contributed by atoms with Gasteiger partial charge in [-0.1, -0.05) is 6.92 Å². The second-order valence-corrected chi connectivity index (χ2v) is 2.55. The highest BCUT2D eigenvalue weighted by Crippen LogP contribution is 1.90. The first-order valence-electron chi connectivity index (χ1n) is 3.71. The Kier molecular flexibility index (Phi) is 6.91. The lowest BCUT2D eigenvalue weighted by Crippen LogP contribution is -2.28. The number of hydrogen-bond donors (Lipinski definition) is 2. The van der Waals surface area contributed by atoms with Crippen molar-refractivity contribution in [2.75, 3.05) is 33.4 Å². The van der Waals surface area contributed by atoms with Crippen LogP contribution >= 0.6 is 0 Å². The van der Waals surface area contributed by atoms with Gasteiger partial charge in [0.25, 0.3) is 0 Å². The van der Waals surface area contributed by atoms with E-state index in [9.17, 15) is 0 Å². The van der Waals surface area contributed by atoms with Gasteiger partial charge in [-0.3, -0.25) is 0 Å². The van der Waals surface area contributed by atoms with Crippen LogP contribution in [0, 0.1) is 5.92 Å². The molecule has 0 aliphatic rings. The van der Waals surface area contributed by atoms with Gasteiger partial charge in [0.2, 0.25) is 0 Å². The fourth-order valence-electron chi connectivity index (χ4n) is 0.794. The van der Waals surface area contributed by atoms with Crippen molar-refractivity contribution in [1.82, 2.24) is 5.32 Å². The summed E-state index contributed by atoms with van der Waals surface area (Å²) in [6.45, 7) is 5.56. The quantitative estimate of drug-likeness (QED) is 0.511. The molecule has 0 heterocycles. The van der Waals surface area contributed by atoms with Gasteiger partial charge in [0.15, 0.2) is 0 Å². The van der Waals surface area contributed by atoms with E-state index < -0.39 is 0 Å². The third-order valence-corrected chi connectivity index (χ3v) is 1.27. The standard InChI is InChI=1S/C7H18N2O/c1-7(6-10-2)5-9-4-3-8/h7,9H,3-6,8H2,1-2H3. The number of ether oxygens (including phenoxy) is 1. The molecule has 0 aromatic heterocycles. The summed E-state index contributed by atoms with van der Waals surface area (Å²) >= 11 is 0. The highest BCUT2D eigenvalue weighted by atomic mass is 16.5. The van der Waals surface area contributed by atoms with Crippen molar-refractivity contribution in [3.63, 3.8) is 0 Å². The normalized spacial score (nSPS) is 13.5. The van der Waals surface area contributed by atoms with Crippen LogP contribution in [-0.4, -0.2) is 33.4 Å². The van der Waals surface area contributed by atoms with Crippen LogP contribution in [0.25, 0.3) is 0 Å². The molecule has 1 unspecified atom stereocenters. The largest absolute Gasteiger partial charge is 0.384 e. The summed E-state index contributed by atoms with van der Waals surface area (Å²) < 4.78 is 4.96. The summed E-state index contributed by atoms with van der Waals surface area (Å²) in [5.74, 6) is 0.580. The van der Waals surface area contributed by atoms with E-state index in [-0.39, 0.29) is 0 Å². The molecule has 3 heteroatoms. The zero-order chi connectivity index (χ0) is 7.82. The summed E-state index contributed by atoms with van der Waals surface area (Å²) in [6.07, 6.45) is 0. The van der Waals surface area contributed by atoms with Gasteiger partial charge in [-0.25, -0.2) is 0 Å². The van der Waals surface area contributed by atoms with Gasteiger partial charge in [-0.05, 0) is 12.5 Å². The molecule has 0 aliphatic carbocycles. The van der Waals surface area contributed by atoms with Gasteiger partial charge in [0.05, 0.1) is 0 Å². The fraction of sp³-hybridized carbons (Fsp3) is 1.00. The zero-order valence-corrected chi connectivity index (χ0v) is 6.89. The topological polar surface area (TPSA) is 47.3 Å². The first kappa shape index (κ1) is 9.88. The highest BCUT2D eigenvalue weighted by molar-refractivity contribution is 4.55. The van der Waals surface area contributed by atoms with Crippen LogP contribution in [0.15, 0.2) is 0 Å². The van der Waals surface area contributed by atoms with Crippen molar-refractivity contribution in [3.8, 4) is 0 Å². The molecule has 3 nitrogen and oxygen atoms in total. The third-order valence-electron chi connectivity index (χ3n) is 1.27. The molecule has 0 radical (unpaired) electrons. The Hall–Kier alpha value is -0.120. The maximum atomic E-state index is 5.29. The molecular formula is C7H18N2O. The maximum absolute atomic E-state index is 5.29. The number of nitrogens with two attached hydrogens (primary N) is 1. The van der Waals surface area contributed by atoms with Crippen LogP contribution in [0.2, 0.25) is 0 Å².